The Balaban J connectivity index is 1.79. The predicted octanol–water partition coefficient (Wildman–Crippen LogP) is 3.38. The molecule has 0 spiro atoms. The number of methoxy groups -OCH3 is 1. The average molecular weight is 313 g/mol. The van der Waals surface area contributed by atoms with Crippen LogP contribution in [0.1, 0.15) is 24.8 Å². The van der Waals surface area contributed by atoms with E-state index in [1.54, 1.807) is 7.11 Å². The number of hydrogen-bond donors (Lipinski definition) is 1. The van der Waals surface area contributed by atoms with Crippen LogP contribution < -0.4 is 14.8 Å². The zero-order valence-corrected chi connectivity index (χ0v) is 13.6. The van der Waals surface area contributed by atoms with Gasteiger partial charge in [0.15, 0.2) is 0 Å². The molecule has 0 aliphatic rings. The second-order valence-corrected chi connectivity index (χ2v) is 5.19. The van der Waals surface area contributed by atoms with Crippen molar-refractivity contribution in [2.24, 2.45) is 0 Å². The standard InChI is InChI=1S/C19H23NO3/c1-3-18(15-8-5-4-6-9-15)19(21)20-12-13-23-17-11-7-10-16(14-17)22-2/h4-11,14,18H,3,12-13H2,1-2H3,(H,20,21). The summed E-state index contributed by atoms with van der Waals surface area (Å²) in [6, 6.07) is 17.3. The number of rotatable bonds is 8. The normalized spacial score (nSPS) is 11.6. The highest BCUT2D eigenvalue weighted by Crippen LogP contribution is 2.20. The lowest BCUT2D eigenvalue weighted by molar-refractivity contribution is -0.122. The number of carbonyl (C=O) groups is 1. The summed E-state index contributed by atoms with van der Waals surface area (Å²) < 4.78 is 10.8. The molecule has 0 aliphatic carbocycles. The zero-order chi connectivity index (χ0) is 16.5. The molecule has 0 aromatic heterocycles. The molecule has 1 amide bonds. The van der Waals surface area contributed by atoms with E-state index < -0.39 is 0 Å². The molecule has 2 rings (SSSR count). The van der Waals surface area contributed by atoms with Gasteiger partial charge in [-0.25, -0.2) is 0 Å². The van der Waals surface area contributed by atoms with Gasteiger partial charge < -0.3 is 14.8 Å². The summed E-state index contributed by atoms with van der Waals surface area (Å²) in [5.41, 5.74) is 1.04. The van der Waals surface area contributed by atoms with Crippen LogP contribution in [0.4, 0.5) is 0 Å². The minimum absolute atomic E-state index is 0.0351. The van der Waals surface area contributed by atoms with Crippen molar-refractivity contribution in [2.75, 3.05) is 20.3 Å². The molecule has 2 aromatic rings. The zero-order valence-electron chi connectivity index (χ0n) is 13.6. The van der Waals surface area contributed by atoms with E-state index in [0.29, 0.717) is 13.2 Å². The van der Waals surface area contributed by atoms with Gasteiger partial charge in [-0.3, -0.25) is 4.79 Å². The summed E-state index contributed by atoms with van der Waals surface area (Å²) in [5.74, 6) is 1.40. The quantitative estimate of drug-likeness (QED) is 0.760. The largest absolute Gasteiger partial charge is 0.497 e. The molecule has 0 bridgehead atoms. The average Bonchev–Trinajstić information content (AvgIpc) is 2.60. The van der Waals surface area contributed by atoms with Crippen molar-refractivity contribution >= 4 is 5.91 Å². The van der Waals surface area contributed by atoms with E-state index in [9.17, 15) is 4.79 Å². The van der Waals surface area contributed by atoms with E-state index in [1.165, 1.54) is 0 Å². The molecule has 4 nitrogen and oxygen atoms in total. The maximum absolute atomic E-state index is 12.3. The highest BCUT2D eigenvalue weighted by atomic mass is 16.5. The highest BCUT2D eigenvalue weighted by molar-refractivity contribution is 5.83. The fourth-order valence-corrected chi connectivity index (χ4v) is 2.42. The van der Waals surface area contributed by atoms with E-state index in [1.807, 2.05) is 61.5 Å². The Morgan fingerprint density at radius 1 is 1.09 bits per heavy atom. The SMILES string of the molecule is CCC(C(=O)NCCOc1cccc(OC)c1)c1ccccc1. The van der Waals surface area contributed by atoms with Gasteiger partial charge in [-0.2, -0.15) is 0 Å². The number of benzene rings is 2. The van der Waals surface area contributed by atoms with Gasteiger partial charge in [0.05, 0.1) is 19.6 Å². The van der Waals surface area contributed by atoms with Crippen LogP contribution in [0, 0.1) is 0 Å². The Morgan fingerprint density at radius 3 is 2.52 bits per heavy atom. The molecule has 0 heterocycles. The van der Waals surface area contributed by atoms with Crippen molar-refractivity contribution < 1.29 is 14.3 Å². The monoisotopic (exact) mass is 313 g/mol. The van der Waals surface area contributed by atoms with E-state index in [-0.39, 0.29) is 11.8 Å². The predicted molar refractivity (Wildman–Crippen MR) is 91.0 cm³/mol. The van der Waals surface area contributed by atoms with Gasteiger partial charge in [-0.1, -0.05) is 43.3 Å². The third-order valence-corrected chi connectivity index (χ3v) is 3.64. The van der Waals surface area contributed by atoms with Gasteiger partial charge in [0.1, 0.15) is 18.1 Å². The van der Waals surface area contributed by atoms with Crippen LogP contribution >= 0.6 is 0 Å². The number of nitrogens with one attached hydrogen (secondary N) is 1. The van der Waals surface area contributed by atoms with Crippen LogP contribution in [0.2, 0.25) is 0 Å². The Bertz CT molecular complexity index is 613. The summed E-state index contributed by atoms with van der Waals surface area (Å²) in [4.78, 5) is 12.3. The maximum Gasteiger partial charge on any atom is 0.227 e. The van der Waals surface area contributed by atoms with Crippen LogP contribution in [0.3, 0.4) is 0 Å². The number of amides is 1. The smallest absolute Gasteiger partial charge is 0.227 e. The molecule has 0 saturated carbocycles. The lowest BCUT2D eigenvalue weighted by Crippen LogP contribution is -2.32. The van der Waals surface area contributed by atoms with E-state index in [4.69, 9.17) is 9.47 Å². The molecule has 0 fully saturated rings. The maximum atomic E-state index is 12.3. The van der Waals surface area contributed by atoms with Crippen molar-refractivity contribution in [3.05, 3.63) is 60.2 Å². The second-order valence-electron chi connectivity index (χ2n) is 5.19. The molecule has 1 N–H and O–H groups in total. The minimum atomic E-state index is -0.118. The molecule has 1 atom stereocenters. The van der Waals surface area contributed by atoms with E-state index in [2.05, 4.69) is 5.32 Å². The fraction of sp³-hybridized carbons (Fsp3) is 0.316. The minimum Gasteiger partial charge on any atom is -0.497 e. The molecular weight excluding hydrogens is 290 g/mol. The van der Waals surface area contributed by atoms with Gasteiger partial charge in [0, 0.05) is 6.07 Å². The third-order valence-electron chi connectivity index (χ3n) is 3.64. The molecule has 0 saturated heterocycles. The van der Waals surface area contributed by atoms with Crippen molar-refractivity contribution in [1.29, 1.82) is 0 Å². The van der Waals surface area contributed by atoms with Gasteiger partial charge >= 0.3 is 0 Å². The van der Waals surface area contributed by atoms with Gasteiger partial charge in [0.25, 0.3) is 0 Å². The first-order valence-corrected chi connectivity index (χ1v) is 7.84. The Hall–Kier alpha value is -2.49. The van der Waals surface area contributed by atoms with Crippen molar-refractivity contribution in [3.63, 3.8) is 0 Å². The summed E-state index contributed by atoms with van der Waals surface area (Å²) in [5, 5.41) is 2.94. The van der Waals surface area contributed by atoms with Crippen molar-refractivity contribution in [2.45, 2.75) is 19.3 Å². The third kappa shape index (κ3) is 5.02. The summed E-state index contributed by atoms with van der Waals surface area (Å²) in [7, 11) is 1.62. The van der Waals surface area contributed by atoms with Crippen molar-refractivity contribution in [3.8, 4) is 11.5 Å². The molecule has 23 heavy (non-hydrogen) atoms. The molecule has 4 heteroatoms. The molecule has 122 valence electrons. The molecule has 0 radical (unpaired) electrons. The first-order valence-electron chi connectivity index (χ1n) is 7.84. The lowest BCUT2D eigenvalue weighted by Gasteiger charge is -2.15. The Kier molecular flexibility index (Phi) is 6.48. The Morgan fingerprint density at radius 2 is 1.83 bits per heavy atom. The van der Waals surface area contributed by atoms with Crippen LogP contribution in [-0.2, 0) is 4.79 Å². The van der Waals surface area contributed by atoms with Crippen LogP contribution in [-0.4, -0.2) is 26.2 Å². The molecule has 2 aromatic carbocycles. The van der Waals surface area contributed by atoms with E-state index >= 15 is 0 Å². The second kappa shape index (κ2) is 8.83. The van der Waals surface area contributed by atoms with Gasteiger partial charge in [0.2, 0.25) is 5.91 Å². The fourth-order valence-electron chi connectivity index (χ4n) is 2.42. The highest BCUT2D eigenvalue weighted by Gasteiger charge is 2.17. The van der Waals surface area contributed by atoms with Crippen molar-refractivity contribution in [1.82, 2.24) is 5.32 Å². The summed E-state index contributed by atoms with van der Waals surface area (Å²) in [6.07, 6.45) is 0.770. The molecular formula is C19H23NO3. The van der Waals surface area contributed by atoms with Crippen LogP contribution in [0.5, 0.6) is 11.5 Å². The Labute approximate surface area is 137 Å². The summed E-state index contributed by atoms with van der Waals surface area (Å²) in [6.45, 7) is 2.91. The first-order chi connectivity index (χ1) is 11.2. The van der Waals surface area contributed by atoms with E-state index in [0.717, 1.165) is 23.5 Å². The first kappa shape index (κ1) is 16.9. The van der Waals surface area contributed by atoms with Crippen LogP contribution in [0.25, 0.3) is 0 Å². The number of carbonyl (C=O) groups excluding carboxylic acids is 1. The lowest BCUT2D eigenvalue weighted by atomic mass is 9.96. The molecule has 1 unspecified atom stereocenters. The van der Waals surface area contributed by atoms with Crippen LogP contribution in [0.15, 0.2) is 54.6 Å². The summed E-state index contributed by atoms with van der Waals surface area (Å²) >= 11 is 0. The molecule has 0 aliphatic heterocycles. The van der Waals surface area contributed by atoms with Gasteiger partial charge in [-0.05, 0) is 24.1 Å². The van der Waals surface area contributed by atoms with Gasteiger partial charge in [-0.15, -0.1) is 0 Å². The topological polar surface area (TPSA) is 47.6 Å². The number of ether oxygens (including phenoxy) is 2. The number of hydrogen-bond acceptors (Lipinski definition) is 3.